The summed E-state index contributed by atoms with van der Waals surface area (Å²) in [5.41, 5.74) is 2.44. The summed E-state index contributed by atoms with van der Waals surface area (Å²) in [7, 11) is 1.65. The molecule has 0 amide bonds. The molecule has 4 heteroatoms. The average Bonchev–Trinajstić information content (AvgIpc) is 2.48. The fourth-order valence-electron chi connectivity index (χ4n) is 2.15. The first kappa shape index (κ1) is 15.4. The summed E-state index contributed by atoms with van der Waals surface area (Å²) in [5.74, 6) is 1.11. The second-order valence-corrected chi connectivity index (χ2v) is 6.52. The van der Waals surface area contributed by atoms with Crippen molar-refractivity contribution >= 4 is 10.9 Å². The molecule has 110 valence electrons. The van der Waals surface area contributed by atoms with Gasteiger partial charge in [0, 0.05) is 19.3 Å². The maximum atomic E-state index is 5.46. The largest absolute Gasteiger partial charge is 0.362 e. The SMILES string of the molecule is CCCCCS1=NC(Cc2ccccc2)=CC(OC)N1. The smallest absolute Gasteiger partial charge is 0.138 e. The highest BCUT2D eigenvalue weighted by atomic mass is 32.2. The van der Waals surface area contributed by atoms with Crippen LogP contribution < -0.4 is 4.72 Å². The zero-order chi connectivity index (χ0) is 14.2. The van der Waals surface area contributed by atoms with E-state index < -0.39 is 0 Å². The number of hydrogen-bond acceptors (Lipinski definition) is 3. The van der Waals surface area contributed by atoms with Gasteiger partial charge in [0.05, 0.1) is 5.70 Å². The van der Waals surface area contributed by atoms with Gasteiger partial charge in [0.25, 0.3) is 0 Å². The zero-order valence-corrected chi connectivity index (χ0v) is 13.2. The van der Waals surface area contributed by atoms with Crippen LogP contribution in [0.15, 0.2) is 46.5 Å². The topological polar surface area (TPSA) is 33.6 Å². The van der Waals surface area contributed by atoms with E-state index in [1.54, 1.807) is 7.11 Å². The summed E-state index contributed by atoms with van der Waals surface area (Å²) < 4.78 is 13.7. The summed E-state index contributed by atoms with van der Waals surface area (Å²) in [6.45, 7) is 2.23. The lowest BCUT2D eigenvalue weighted by molar-refractivity contribution is 0.133. The number of nitrogens with zero attached hydrogens (tertiary/aromatic N) is 1. The molecule has 0 saturated carbocycles. The number of benzene rings is 1. The minimum absolute atomic E-state index is 0.00354. The van der Waals surface area contributed by atoms with Gasteiger partial charge in [-0.25, -0.2) is 9.08 Å². The van der Waals surface area contributed by atoms with Crippen LogP contribution in [0.3, 0.4) is 0 Å². The van der Waals surface area contributed by atoms with Gasteiger partial charge in [-0.2, -0.15) is 0 Å². The lowest BCUT2D eigenvalue weighted by Gasteiger charge is -2.22. The summed E-state index contributed by atoms with van der Waals surface area (Å²) in [6, 6.07) is 10.5. The van der Waals surface area contributed by atoms with Gasteiger partial charge in [-0.1, -0.05) is 50.1 Å². The van der Waals surface area contributed by atoms with Gasteiger partial charge >= 0.3 is 0 Å². The van der Waals surface area contributed by atoms with Crippen LogP contribution >= 0.6 is 0 Å². The predicted octanol–water partition coefficient (Wildman–Crippen LogP) is 3.60. The normalized spacial score (nSPS) is 22.2. The molecular formula is C16H24N2OS. The molecule has 0 radical (unpaired) electrons. The van der Waals surface area contributed by atoms with Crippen molar-refractivity contribution in [3.63, 3.8) is 0 Å². The van der Waals surface area contributed by atoms with Crippen molar-refractivity contribution in [2.75, 3.05) is 12.9 Å². The maximum absolute atomic E-state index is 5.46. The average molecular weight is 292 g/mol. The Morgan fingerprint density at radius 1 is 1.25 bits per heavy atom. The molecule has 1 heterocycles. The van der Waals surface area contributed by atoms with Crippen molar-refractivity contribution in [1.29, 1.82) is 0 Å². The Balaban J connectivity index is 2.02. The van der Waals surface area contributed by atoms with Crippen molar-refractivity contribution in [3.8, 4) is 0 Å². The molecule has 0 spiro atoms. The molecule has 1 aromatic rings. The Hall–Kier alpha value is -0.970. The maximum Gasteiger partial charge on any atom is 0.138 e. The first-order chi connectivity index (χ1) is 9.81. The van der Waals surface area contributed by atoms with Crippen LogP contribution in [-0.4, -0.2) is 19.1 Å². The predicted molar refractivity (Wildman–Crippen MR) is 86.3 cm³/mol. The third-order valence-corrected chi connectivity index (χ3v) is 4.88. The number of nitrogens with one attached hydrogen (secondary N) is 1. The minimum Gasteiger partial charge on any atom is -0.362 e. The van der Waals surface area contributed by atoms with Gasteiger partial charge in [0.2, 0.25) is 0 Å². The van der Waals surface area contributed by atoms with Crippen molar-refractivity contribution < 1.29 is 4.74 Å². The lowest BCUT2D eigenvalue weighted by Crippen LogP contribution is -2.34. The van der Waals surface area contributed by atoms with Crippen LogP contribution in [0, 0.1) is 0 Å². The Labute approximate surface area is 124 Å². The first-order valence-electron chi connectivity index (χ1n) is 7.28. The number of unbranched alkanes of at least 4 members (excludes halogenated alkanes) is 2. The summed E-state index contributed by atoms with van der Waals surface area (Å²) >= 11 is 0. The number of rotatable bonds is 7. The molecule has 1 aliphatic rings. The molecule has 0 aliphatic carbocycles. The standard InChI is InChI=1S/C16H24N2OS/c1-3-4-8-11-20-17-15(13-16(18-20)19-2)12-14-9-6-5-7-10-14/h5-7,9-10,13,16H,3-4,8,11-12H2,1-2H3,(H,17,18). The highest BCUT2D eigenvalue weighted by molar-refractivity contribution is 7.85. The van der Waals surface area contributed by atoms with Gasteiger partial charge in [0.15, 0.2) is 0 Å². The van der Waals surface area contributed by atoms with E-state index in [-0.39, 0.29) is 17.1 Å². The molecular weight excluding hydrogens is 268 g/mol. The van der Waals surface area contributed by atoms with E-state index in [0.29, 0.717) is 0 Å². The van der Waals surface area contributed by atoms with Crippen molar-refractivity contribution in [2.24, 2.45) is 4.36 Å². The van der Waals surface area contributed by atoms with Gasteiger partial charge < -0.3 is 4.74 Å². The third-order valence-electron chi connectivity index (χ3n) is 3.25. The molecule has 1 N–H and O–H groups in total. The fourth-order valence-corrected chi connectivity index (χ4v) is 3.73. The number of methoxy groups -OCH3 is 1. The van der Waals surface area contributed by atoms with E-state index in [0.717, 1.165) is 17.9 Å². The van der Waals surface area contributed by atoms with Gasteiger partial charge in [-0.05, 0) is 28.9 Å². The summed E-state index contributed by atoms with van der Waals surface area (Å²) in [5, 5.41) is 0. The molecule has 3 nitrogen and oxygen atoms in total. The van der Waals surface area contributed by atoms with Gasteiger partial charge in [-0.15, -0.1) is 0 Å². The minimum atomic E-state index is -0.0981. The lowest BCUT2D eigenvalue weighted by atomic mass is 10.1. The molecule has 2 atom stereocenters. The van der Waals surface area contributed by atoms with Crippen LogP contribution in [0.1, 0.15) is 31.7 Å². The van der Waals surface area contributed by atoms with E-state index in [2.05, 4.69) is 42.0 Å². The zero-order valence-electron chi connectivity index (χ0n) is 12.3. The van der Waals surface area contributed by atoms with Crippen LogP contribution in [0.4, 0.5) is 0 Å². The first-order valence-corrected chi connectivity index (χ1v) is 8.63. The Morgan fingerprint density at radius 3 is 2.75 bits per heavy atom. The van der Waals surface area contributed by atoms with Crippen LogP contribution in [0.5, 0.6) is 0 Å². The second kappa shape index (κ2) is 8.35. The number of allylic oxidation sites excluding steroid dienone is 1. The molecule has 20 heavy (non-hydrogen) atoms. The van der Waals surface area contributed by atoms with E-state index in [9.17, 15) is 0 Å². The van der Waals surface area contributed by atoms with E-state index in [4.69, 9.17) is 9.10 Å². The second-order valence-electron chi connectivity index (χ2n) is 4.96. The molecule has 0 saturated heterocycles. The van der Waals surface area contributed by atoms with Crippen LogP contribution in [-0.2, 0) is 22.0 Å². The molecule has 0 fully saturated rings. The van der Waals surface area contributed by atoms with Crippen molar-refractivity contribution in [1.82, 2.24) is 4.72 Å². The van der Waals surface area contributed by atoms with Crippen molar-refractivity contribution in [2.45, 2.75) is 38.8 Å². The van der Waals surface area contributed by atoms with E-state index >= 15 is 0 Å². The Bertz CT molecular complexity index is 471. The molecule has 1 aromatic carbocycles. The molecule has 1 aliphatic heterocycles. The van der Waals surface area contributed by atoms with Crippen LogP contribution in [0.2, 0.25) is 0 Å². The number of ether oxygens (including phenoxy) is 1. The highest BCUT2D eigenvalue weighted by Crippen LogP contribution is 2.16. The molecule has 2 rings (SSSR count). The highest BCUT2D eigenvalue weighted by Gasteiger charge is 2.14. The van der Waals surface area contributed by atoms with Gasteiger partial charge in [-0.3, -0.25) is 0 Å². The number of hydrogen-bond donors (Lipinski definition) is 1. The van der Waals surface area contributed by atoms with Crippen molar-refractivity contribution in [3.05, 3.63) is 47.7 Å². The van der Waals surface area contributed by atoms with E-state index in [1.807, 2.05) is 6.07 Å². The van der Waals surface area contributed by atoms with Gasteiger partial charge in [0.1, 0.15) is 6.23 Å². The molecule has 0 bridgehead atoms. The quantitative estimate of drug-likeness (QED) is 0.779. The van der Waals surface area contributed by atoms with Crippen LogP contribution in [0.25, 0.3) is 0 Å². The fraction of sp³-hybridized carbons (Fsp3) is 0.500. The summed E-state index contributed by atoms with van der Waals surface area (Å²) in [4.78, 5) is 0. The monoisotopic (exact) mass is 292 g/mol. The molecule has 0 aromatic heterocycles. The van der Waals surface area contributed by atoms with E-state index in [1.165, 1.54) is 24.8 Å². The Morgan fingerprint density at radius 2 is 2.05 bits per heavy atom. The summed E-state index contributed by atoms with van der Waals surface area (Å²) in [6.07, 6.45) is 6.73. The Kier molecular flexibility index (Phi) is 6.43. The molecule has 2 unspecified atom stereocenters. The third kappa shape index (κ3) is 4.85.